The zero-order valence-corrected chi connectivity index (χ0v) is 20.5. The number of carbonyl (C=O) groups excluding carboxylic acids is 3. The minimum absolute atomic E-state index is 0.0606. The number of nitrogens with one attached hydrogen (secondary N) is 4. The Bertz CT molecular complexity index is 1650. The van der Waals surface area contributed by atoms with E-state index in [-0.39, 0.29) is 21.9 Å². The van der Waals surface area contributed by atoms with Crippen LogP contribution >= 0.6 is 0 Å². The van der Waals surface area contributed by atoms with E-state index in [9.17, 15) is 27.6 Å². The van der Waals surface area contributed by atoms with Crippen molar-refractivity contribution in [2.45, 2.75) is 24.8 Å². The highest BCUT2D eigenvalue weighted by atomic mass is 32.2. The van der Waals surface area contributed by atoms with Crippen LogP contribution in [0.3, 0.4) is 0 Å². The third-order valence-electron chi connectivity index (χ3n) is 5.38. The number of Topliss-reactive ketones (excluding diaryl/α,β-unsaturated/α-hetero) is 1. The molecule has 0 radical (unpaired) electrons. The maximum atomic E-state index is 12.7. The van der Waals surface area contributed by atoms with Crippen molar-refractivity contribution in [2.24, 2.45) is 0 Å². The van der Waals surface area contributed by atoms with E-state index in [4.69, 9.17) is 4.74 Å². The molecule has 0 spiro atoms. The van der Waals surface area contributed by atoms with Crippen molar-refractivity contribution in [3.63, 3.8) is 0 Å². The summed E-state index contributed by atoms with van der Waals surface area (Å²) in [7, 11) is -3.97. The van der Waals surface area contributed by atoms with Crippen molar-refractivity contribution < 1.29 is 27.5 Å². The molecule has 12 heteroatoms. The van der Waals surface area contributed by atoms with Crippen molar-refractivity contribution in [3.8, 4) is 0 Å². The number of ether oxygens (including phenoxy) is 1. The van der Waals surface area contributed by atoms with Gasteiger partial charge in [-0.3, -0.25) is 14.3 Å². The number of aromatic nitrogens is 2. The van der Waals surface area contributed by atoms with Crippen LogP contribution in [0.5, 0.6) is 0 Å². The number of rotatable bonds is 8. The SMILES string of the molecule is CC(=O)c1ccc(NC(=O)[C@H](C)OC(=O)c2ccc(NS(=O)(=O)c3ccc4[nH]c(=O)[nH]c4c3)cc2)cc1. The molecule has 0 saturated carbocycles. The molecule has 1 amide bonds. The van der Waals surface area contributed by atoms with Crippen LogP contribution in [0.15, 0.2) is 76.4 Å². The van der Waals surface area contributed by atoms with Crippen LogP contribution in [0.25, 0.3) is 11.0 Å². The number of anilines is 2. The number of hydrogen-bond donors (Lipinski definition) is 4. The van der Waals surface area contributed by atoms with E-state index in [0.29, 0.717) is 22.3 Å². The minimum Gasteiger partial charge on any atom is -0.449 e. The third-order valence-corrected chi connectivity index (χ3v) is 6.76. The maximum Gasteiger partial charge on any atom is 0.338 e. The Hall–Kier alpha value is -4.71. The monoisotopic (exact) mass is 522 g/mol. The molecule has 0 bridgehead atoms. The predicted molar refractivity (Wildman–Crippen MR) is 136 cm³/mol. The first-order valence-corrected chi connectivity index (χ1v) is 12.5. The Kier molecular flexibility index (Phi) is 6.94. The number of H-pyrrole nitrogens is 2. The Morgan fingerprint density at radius 3 is 2.08 bits per heavy atom. The fourth-order valence-electron chi connectivity index (χ4n) is 3.38. The van der Waals surface area contributed by atoms with Gasteiger partial charge in [-0.15, -0.1) is 0 Å². The van der Waals surface area contributed by atoms with Gasteiger partial charge in [0.2, 0.25) is 0 Å². The molecule has 0 unspecified atom stereocenters. The van der Waals surface area contributed by atoms with Crippen molar-refractivity contribution in [1.29, 1.82) is 0 Å². The number of esters is 1. The summed E-state index contributed by atoms with van der Waals surface area (Å²) in [5.74, 6) is -1.44. The van der Waals surface area contributed by atoms with Crippen LogP contribution in [0.4, 0.5) is 11.4 Å². The summed E-state index contributed by atoms with van der Waals surface area (Å²) < 4.78 is 33.1. The lowest BCUT2D eigenvalue weighted by atomic mass is 10.1. The molecule has 0 aliphatic rings. The van der Waals surface area contributed by atoms with Crippen LogP contribution in [0.2, 0.25) is 0 Å². The lowest BCUT2D eigenvalue weighted by Crippen LogP contribution is -2.30. The Balaban J connectivity index is 1.37. The molecule has 1 atom stereocenters. The van der Waals surface area contributed by atoms with Gasteiger partial charge in [0.25, 0.3) is 15.9 Å². The van der Waals surface area contributed by atoms with E-state index < -0.39 is 33.7 Å². The molecule has 0 fully saturated rings. The molecule has 0 saturated heterocycles. The standard InChI is InChI=1S/C25H22N4O7S/c1-14(30)16-3-7-18(8-4-16)26-23(31)15(2)36-24(32)17-5-9-19(10-6-17)29-37(34,35)20-11-12-21-22(13-20)28-25(33)27-21/h3-13,15,29H,1-2H3,(H,26,31)(H2,27,28,33)/t15-/m0/s1. The highest BCUT2D eigenvalue weighted by Crippen LogP contribution is 2.20. The number of imidazole rings is 1. The van der Waals surface area contributed by atoms with Gasteiger partial charge in [-0.2, -0.15) is 0 Å². The van der Waals surface area contributed by atoms with Crippen molar-refractivity contribution in [3.05, 3.63) is 88.3 Å². The molecule has 1 aromatic heterocycles. The number of carbonyl (C=O) groups is 3. The zero-order chi connectivity index (χ0) is 26.7. The van der Waals surface area contributed by atoms with E-state index in [1.165, 1.54) is 56.3 Å². The van der Waals surface area contributed by atoms with E-state index in [0.717, 1.165) is 0 Å². The largest absolute Gasteiger partial charge is 0.449 e. The number of fused-ring (bicyclic) bond motifs is 1. The van der Waals surface area contributed by atoms with E-state index in [2.05, 4.69) is 20.0 Å². The molecule has 11 nitrogen and oxygen atoms in total. The summed E-state index contributed by atoms with van der Waals surface area (Å²) >= 11 is 0. The first-order valence-electron chi connectivity index (χ1n) is 11.0. The van der Waals surface area contributed by atoms with Crippen molar-refractivity contribution in [1.82, 2.24) is 9.97 Å². The van der Waals surface area contributed by atoms with Crippen LogP contribution in [0, 0.1) is 0 Å². The predicted octanol–water partition coefficient (Wildman–Crippen LogP) is 3.04. The summed E-state index contributed by atoms with van der Waals surface area (Å²) in [6, 6.07) is 15.9. The molecule has 4 rings (SSSR count). The summed E-state index contributed by atoms with van der Waals surface area (Å²) in [4.78, 5) is 52.6. The normalized spacial score (nSPS) is 12.1. The molecular formula is C25H22N4O7S. The lowest BCUT2D eigenvalue weighted by Gasteiger charge is -2.14. The van der Waals surface area contributed by atoms with E-state index in [1.807, 2.05) is 0 Å². The van der Waals surface area contributed by atoms with Crippen molar-refractivity contribution >= 4 is 50.1 Å². The number of ketones is 1. The number of aromatic amines is 2. The van der Waals surface area contributed by atoms with Crippen LogP contribution < -0.4 is 15.7 Å². The molecule has 4 aromatic rings. The Morgan fingerprint density at radius 1 is 0.838 bits per heavy atom. The van der Waals surface area contributed by atoms with Gasteiger partial charge in [-0.05, 0) is 80.6 Å². The maximum absolute atomic E-state index is 12.7. The highest BCUT2D eigenvalue weighted by molar-refractivity contribution is 7.92. The number of sulfonamides is 1. The van der Waals surface area contributed by atoms with E-state index >= 15 is 0 Å². The molecule has 1 heterocycles. The molecule has 3 aromatic carbocycles. The van der Waals surface area contributed by atoms with Crippen molar-refractivity contribution in [2.75, 3.05) is 10.0 Å². The van der Waals surface area contributed by atoms with Gasteiger partial charge in [0.1, 0.15) is 0 Å². The average molecular weight is 523 g/mol. The quantitative estimate of drug-likeness (QED) is 0.204. The topological polar surface area (TPSA) is 167 Å². The molecule has 4 N–H and O–H groups in total. The van der Waals surface area contributed by atoms with Gasteiger partial charge >= 0.3 is 11.7 Å². The first-order chi connectivity index (χ1) is 17.5. The first kappa shape index (κ1) is 25.4. The summed E-state index contributed by atoms with van der Waals surface area (Å²) in [6.45, 7) is 2.85. The fourth-order valence-corrected chi connectivity index (χ4v) is 4.47. The Morgan fingerprint density at radius 2 is 1.43 bits per heavy atom. The zero-order valence-electron chi connectivity index (χ0n) is 19.7. The molecule has 0 aliphatic heterocycles. The van der Waals surface area contributed by atoms with Gasteiger partial charge in [0, 0.05) is 16.9 Å². The highest BCUT2D eigenvalue weighted by Gasteiger charge is 2.20. The lowest BCUT2D eigenvalue weighted by molar-refractivity contribution is -0.123. The van der Waals surface area contributed by atoms with Crippen LogP contribution in [0.1, 0.15) is 34.6 Å². The summed E-state index contributed by atoms with van der Waals surface area (Å²) in [5.41, 5.74) is 1.62. The van der Waals surface area contributed by atoms with Gasteiger partial charge in [-0.1, -0.05) is 0 Å². The number of amides is 1. The van der Waals surface area contributed by atoms with Gasteiger partial charge in [0.15, 0.2) is 11.9 Å². The van der Waals surface area contributed by atoms with Gasteiger partial charge in [-0.25, -0.2) is 18.0 Å². The number of hydrogen-bond acceptors (Lipinski definition) is 7. The van der Waals surface area contributed by atoms with E-state index in [1.54, 1.807) is 24.3 Å². The second kappa shape index (κ2) is 10.1. The summed E-state index contributed by atoms with van der Waals surface area (Å²) in [5, 5.41) is 2.60. The van der Waals surface area contributed by atoms with Gasteiger partial charge in [0.05, 0.1) is 21.5 Å². The Labute approximate surface area is 210 Å². The molecule has 0 aliphatic carbocycles. The average Bonchev–Trinajstić information content (AvgIpc) is 3.23. The smallest absolute Gasteiger partial charge is 0.338 e. The fraction of sp³-hybridized carbons (Fsp3) is 0.120. The molecule has 190 valence electrons. The second-order valence-electron chi connectivity index (χ2n) is 8.14. The van der Waals surface area contributed by atoms with Gasteiger partial charge < -0.3 is 20.0 Å². The summed E-state index contributed by atoms with van der Waals surface area (Å²) in [6.07, 6.45) is -1.12. The third kappa shape index (κ3) is 5.93. The molecule has 37 heavy (non-hydrogen) atoms. The second-order valence-corrected chi connectivity index (χ2v) is 9.82. The number of benzene rings is 3. The van der Waals surface area contributed by atoms with Crippen LogP contribution in [-0.4, -0.2) is 42.1 Å². The van der Waals surface area contributed by atoms with Crippen LogP contribution in [-0.2, 0) is 19.6 Å². The molecular weight excluding hydrogens is 500 g/mol. The minimum atomic E-state index is -3.97.